The lowest BCUT2D eigenvalue weighted by Gasteiger charge is -2.51. The van der Waals surface area contributed by atoms with Gasteiger partial charge in [0.05, 0.1) is 28.9 Å². The molecule has 1 spiro atoms. The van der Waals surface area contributed by atoms with Gasteiger partial charge in [0, 0.05) is 12.6 Å². The Morgan fingerprint density at radius 2 is 2.00 bits per heavy atom. The van der Waals surface area contributed by atoms with Crippen molar-refractivity contribution in [1.29, 1.82) is 0 Å². The molecule has 2 saturated carbocycles. The summed E-state index contributed by atoms with van der Waals surface area (Å²) in [5, 5.41) is 6.58. The van der Waals surface area contributed by atoms with E-state index in [4.69, 9.17) is 4.74 Å². The maximum Gasteiger partial charge on any atom is 0.250 e. The molecular weight excluding hydrogens is 364 g/mol. The summed E-state index contributed by atoms with van der Waals surface area (Å²) in [5.41, 5.74) is 0.695. The highest BCUT2D eigenvalue weighted by Crippen LogP contribution is 2.50. The topological polar surface area (TPSA) is 84.5 Å². The van der Waals surface area contributed by atoms with E-state index in [1.54, 1.807) is 6.26 Å². The van der Waals surface area contributed by atoms with Gasteiger partial charge in [-0.2, -0.15) is 0 Å². The summed E-state index contributed by atoms with van der Waals surface area (Å²) in [4.78, 5) is 12.2. The zero-order valence-corrected chi connectivity index (χ0v) is 16.9. The maximum atomic E-state index is 12.7. The van der Waals surface area contributed by atoms with Gasteiger partial charge in [0.15, 0.2) is 9.84 Å². The Labute approximate surface area is 162 Å². The van der Waals surface area contributed by atoms with Crippen LogP contribution < -0.4 is 10.6 Å². The van der Waals surface area contributed by atoms with Crippen LogP contribution in [0.3, 0.4) is 0 Å². The molecule has 3 fully saturated rings. The van der Waals surface area contributed by atoms with Crippen molar-refractivity contribution in [1.82, 2.24) is 10.6 Å². The molecule has 0 aromatic carbocycles. The average molecular weight is 397 g/mol. The first-order chi connectivity index (χ1) is 13.0. The molecule has 1 atom stereocenters. The van der Waals surface area contributed by atoms with Crippen LogP contribution in [-0.2, 0) is 19.4 Å². The van der Waals surface area contributed by atoms with Crippen LogP contribution in [0, 0.1) is 11.8 Å². The van der Waals surface area contributed by atoms with E-state index in [1.165, 1.54) is 19.3 Å². The lowest BCUT2D eigenvalue weighted by molar-refractivity contribution is -0.118. The number of carbonyl (C=O) groups is 1. The Hall–Kier alpha value is -1.08. The fraction of sp³-hybridized carbons (Fsp3) is 0.850. The lowest BCUT2D eigenvalue weighted by atomic mass is 9.70. The molecule has 27 heavy (non-hydrogen) atoms. The summed E-state index contributed by atoms with van der Waals surface area (Å²) in [6, 6.07) is 0.326. The zero-order valence-electron chi connectivity index (χ0n) is 16.0. The second kappa shape index (κ2) is 7.74. The van der Waals surface area contributed by atoms with Crippen molar-refractivity contribution in [2.24, 2.45) is 11.8 Å². The Balaban J connectivity index is 1.25. The molecule has 1 saturated heterocycles. The van der Waals surface area contributed by atoms with Crippen molar-refractivity contribution in [2.45, 2.75) is 68.6 Å². The maximum absolute atomic E-state index is 12.7. The highest BCUT2D eigenvalue weighted by molar-refractivity contribution is 7.92. The minimum absolute atomic E-state index is 0.0678. The first kappa shape index (κ1) is 19.2. The predicted octanol–water partition coefficient (Wildman–Crippen LogP) is 1.91. The number of amides is 1. The molecule has 2 aliphatic carbocycles. The van der Waals surface area contributed by atoms with Gasteiger partial charge >= 0.3 is 0 Å². The Bertz CT molecular complexity index is 693. The standard InChI is InChI=1S/C20H32N2O4S/c23-19(17-2-1-8-26-14-17)22-13-16-10-20(11-16)12-18(6-9-27(20,24)25)21-7-5-15-3-4-15/h14-16,18,21H,1-13H2,(H,22,23). The van der Waals surface area contributed by atoms with Crippen LogP contribution in [0.25, 0.3) is 0 Å². The molecule has 6 nitrogen and oxygen atoms in total. The van der Waals surface area contributed by atoms with Crippen molar-refractivity contribution in [3.05, 3.63) is 11.8 Å². The molecule has 2 heterocycles. The van der Waals surface area contributed by atoms with E-state index in [2.05, 4.69) is 10.6 Å². The number of hydrogen-bond donors (Lipinski definition) is 2. The molecule has 2 N–H and O–H groups in total. The van der Waals surface area contributed by atoms with Gasteiger partial charge in [-0.15, -0.1) is 0 Å². The molecular formula is C20H32N2O4S. The molecule has 0 aromatic heterocycles. The molecule has 0 radical (unpaired) electrons. The van der Waals surface area contributed by atoms with Gasteiger partial charge in [0.25, 0.3) is 0 Å². The van der Waals surface area contributed by atoms with Crippen LogP contribution >= 0.6 is 0 Å². The summed E-state index contributed by atoms with van der Waals surface area (Å²) >= 11 is 0. The number of sulfone groups is 1. The summed E-state index contributed by atoms with van der Waals surface area (Å²) in [6.45, 7) is 2.25. The molecule has 4 rings (SSSR count). The van der Waals surface area contributed by atoms with Crippen molar-refractivity contribution in [3.8, 4) is 0 Å². The Morgan fingerprint density at radius 3 is 2.70 bits per heavy atom. The number of ether oxygens (including phenoxy) is 1. The third-order valence-electron chi connectivity index (χ3n) is 6.79. The fourth-order valence-electron chi connectivity index (χ4n) is 4.90. The van der Waals surface area contributed by atoms with Gasteiger partial charge in [-0.1, -0.05) is 12.8 Å². The molecule has 1 unspecified atom stereocenters. The second-order valence-corrected chi connectivity index (χ2v) is 11.5. The summed E-state index contributed by atoms with van der Waals surface area (Å²) in [5.74, 6) is 1.40. The predicted molar refractivity (Wildman–Crippen MR) is 104 cm³/mol. The van der Waals surface area contributed by atoms with Gasteiger partial charge in [-0.3, -0.25) is 4.79 Å². The van der Waals surface area contributed by atoms with Crippen molar-refractivity contribution in [3.63, 3.8) is 0 Å². The van der Waals surface area contributed by atoms with Gasteiger partial charge in [0.2, 0.25) is 5.91 Å². The molecule has 0 aromatic rings. The highest BCUT2D eigenvalue weighted by atomic mass is 32.2. The van der Waals surface area contributed by atoms with E-state index in [9.17, 15) is 13.2 Å². The fourth-order valence-corrected chi connectivity index (χ4v) is 7.37. The number of nitrogens with one attached hydrogen (secondary N) is 2. The number of hydrogen-bond acceptors (Lipinski definition) is 5. The van der Waals surface area contributed by atoms with Gasteiger partial charge in [0.1, 0.15) is 0 Å². The average Bonchev–Trinajstić information content (AvgIpc) is 3.45. The molecule has 2 aliphatic heterocycles. The molecule has 7 heteroatoms. The van der Waals surface area contributed by atoms with Crippen molar-refractivity contribution < 1.29 is 17.9 Å². The van der Waals surface area contributed by atoms with Crippen molar-refractivity contribution in [2.75, 3.05) is 25.4 Å². The quantitative estimate of drug-likeness (QED) is 0.687. The second-order valence-electron chi connectivity index (χ2n) is 8.98. The smallest absolute Gasteiger partial charge is 0.250 e. The first-order valence-corrected chi connectivity index (χ1v) is 12.2. The molecule has 1 amide bonds. The SMILES string of the molecule is O=C(NCC1CC2(C1)CC(NCCC1CC1)CCS2(=O)=O)C1=COCCC1. The van der Waals surface area contributed by atoms with E-state index in [1.807, 2.05) is 0 Å². The molecule has 4 aliphatic rings. The van der Waals surface area contributed by atoms with E-state index in [0.29, 0.717) is 43.4 Å². The van der Waals surface area contributed by atoms with Crippen molar-refractivity contribution >= 4 is 15.7 Å². The molecule has 152 valence electrons. The van der Waals surface area contributed by atoms with Crippen LogP contribution in [0.4, 0.5) is 0 Å². The minimum atomic E-state index is -3.02. The lowest BCUT2D eigenvalue weighted by Crippen LogP contribution is -2.59. The Kier molecular flexibility index (Phi) is 5.52. The first-order valence-electron chi connectivity index (χ1n) is 10.5. The van der Waals surface area contributed by atoms with E-state index >= 15 is 0 Å². The van der Waals surface area contributed by atoms with Crippen LogP contribution in [0.1, 0.15) is 57.8 Å². The van der Waals surface area contributed by atoms with Gasteiger partial charge in [-0.05, 0) is 63.3 Å². The highest BCUT2D eigenvalue weighted by Gasteiger charge is 2.56. The summed E-state index contributed by atoms with van der Waals surface area (Å²) in [6.07, 6.45) is 9.99. The van der Waals surface area contributed by atoms with Crippen LogP contribution in [-0.4, -0.2) is 50.6 Å². The Morgan fingerprint density at radius 1 is 1.19 bits per heavy atom. The third-order valence-corrected chi connectivity index (χ3v) is 9.39. The van der Waals surface area contributed by atoms with Crippen LogP contribution in [0.5, 0.6) is 0 Å². The molecule has 0 bridgehead atoms. The van der Waals surface area contributed by atoms with Crippen LogP contribution in [0.2, 0.25) is 0 Å². The number of carbonyl (C=O) groups excluding carboxylic acids is 1. The zero-order chi connectivity index (χ0) is 18.9. The summed E-state index contributed by atoms with van der Waals surface area (Å²) in [7, 11) is -3.02. The van der Waals surface area contributed by atoms with E-state index in [-0.39, 0.29) is 11.8 Å². The van der Waals surface area contributed by atoms with Gasteiger partial charge in [-0.25, -0.2) is 8.42 Å². The number of rotatable bonds is 7. The van der Waals surface area contributed by atoms with Crippen LogP contribution in [0.15, 0.2) is 11.8 Å². The van der Waals surface area contributed by atoms with E-state index in [0.717, 1.165) is 38.1 Å². The monoisotopic (exact) mass is 396 g/mol. The summed E-state index contributed by atoms with van der Waals surface area (Å²) < 4.78 is 30.1. The largest absolute Gasteiger partial charge is 0.501 e. The van der Waals surface area contributed by atoms with E-state index < -0.39 is 14.6 Å². The van der Waals surface area contributed by atoms with Gasteiger partial charge < -0.3 is 15.4 Å². The minimum Gasteiger partial charge on any atom is -0.501 e. The third kappa shape index (κ3) is 4.34. The normalized spacial score (nSPS) is 35.0.